The molecule has 0 radical (unpaired) electrons. The number of aromatic nitrogens is 4. The van der Waals surface area contributed by atoms with Gasteiger partial charge < -0.3 is 19.3 Å². The topological polar surface area (TPSA) is 89.1 Å². The number of nitrogens with zero attached hydrogens (tertiary/aromatic N) is 5. The lowest BCUT2D eigenvalue weighted by Crippen LogP contribution is -2.48. The number of urea groups is 1. The summed E-state index contributed by atoms with van der Waals surface area (Å²) in [5.74, 6) is 2.83. The van der Waals surface area contributed by atoms with Crippen LogP contribution in [0.1, 0.15) is 43.2 Å². The number of likely N-dealkylation sites (tertiary alicyclic amines) is 1. The molecule has 3 heterocycles. The van der Waals surface area contributed by atoms with E-state index >= 15 is 0 Å². The van der Waals surface area contributed by atoms with Crippen molar-refractivity contribution in [2.24, 2.45) is 0 Å². The second kappa shape index (κ2) is 9.07. The molecule has 1 unspecified atom stereocenters. The van der Waals surface area contributed by atoms with Gasteiger partial charge in [0, 0.05) is 31.5 Å². The van der Waals surface area contributed by atoms with Crippen LogP contribution in [0.25, 0.3) is 0 Å². The van der Waals surface area contributed by atoms with Crippen LogP contribution in [-0.4, -0.2) is 49.5 Å². The molecule has 1 saturated heterocycles. The first-order chi connectivity index (χ1) is 12.7. The quantitative estimate of drug-likeness (QED) is 0.797. The zero-order valence-corrected chi connectivity index (χ0v) is 16.2. The number of nitrogens with one attached hydrogen (secondary N) is 1. The van der Waals surface area contributed by atoms with E-state index in [2.05, 4.69) is 25.0 Å². The Balaban J connectivity index is 1.52. The van der Waals surface area contributed by atoms with Gasteiger partial charge in [0.1, 0.15) is 5.82 Å². The molecule has 2 aromatic rings. The summed E-state index contributed by atoms with van der Waals surface area (Å²) in [5.41, 5.74) is 0. The van der Waals surface area contributed by atoms with Crippen LogP contribution in [-0.2, 0) is 18.8 Å². The van der Waals surface area contributed by atoms with Crippen molar-refractivity contribution in [3.05, 3.63) is 29.9 Å². The number of aryl methyl sites for hydroxylation is 2. The minimum absolute atomic E-state index is 0.0540. The number of carbonyl (C=O) groups is 1. The predicted octanol–water partition coefficient (Wildman–Crippen LogP) is 2.59. The maximum atomic E-state index is 12.6. The molecular formula is C17H26N6O2S. The van der Waals surface area contributed by atoms with Gasteiger partial charge in [0.25, 0.3) is 0 Å². The first-order valence-electron chi connectivity index (χ1n) is 9.00. The number of hydrogen-bond acceptors (Lipinski definition) is 6. The third-order valence-electron chi connectivity index (χ3n) is 4.69. The Kier molecular flexibility index (Phi) is 6.54. The summed E-state index contributed by atoms with van der Waals surface area (Å²) in [7, 11) is 0. The fourth-order valence-electron chi connectivity index (χ4n) is 3.30. The zero-order valence-electron chi connectivity index (χ0n) is 15.3. The summed E-state index contributed by atoms with van der Waals surface area (Å²) >= 11 is 1.63. The number of hydrogen-bond donors (Lipinski definition) is 1. The third kappa shape index (κ3) is 4.78. The number of carbonyl (C=O) groups excluding carboxylic acids is 1. The van der Waals surface area contributed by atoms with Crippen molar-refractivity contribution in [2.75, 3.05) is 12.8 Å². The largest absolute Gasteiger partial charge is 0.337 e. The van der Waals surface area contributed by atoms with Crippen molar-refractivity contribution in [3.63, 3.8) is 0 Å². The Bertz CT molecular complexity index is 716. The van der Waals surface area contributed by atoms with E-state index in [1.54, 1.807) is 11.8 Å². The summed E-state index contributed by atoms with van der Waals surface area (Å²) in [5, 5.41) is 6.82. The highest BCUT2D eigenvalue weighted by molar-refractivity contribution is 7.97. The number of thioether (sulfide) groups is 1. The SMILES string of the molecule is CSCc1noc(CNC(=O)N2CCCCC2CCn2ccnc2C)n1. The van der Waals surface area contributed by atoms with Crippen molar-refractivity contribution in [1.82, 2.24) is 29.9 Å². The summed E-state index contributed by atoms with van der Waals surface area (Å²) in [6.45, 7) is 3.94. The molecule has 0 aromatic carbocycles. The third-order valence-corrected chi connectivity index (χ3v) is 5.24. The molecule has 8 nitrogen and oxygen atoms in total. The van der Waals surface area contributed by atoms with E-state index in [0.717, 1.165) is 38.2 Å². The van der Waals surface area contributed by atoms with E-state index in [4.69, 9.17) is 4.52 Å². The van der Waals surface area contributed by atoms with E-state index in [1.807, 2.05) is 30.5 Å². The lowest BCUT2D eigenvalue weighted by molar-refractivity contribution is 0.142. The Labute approximate surface area is 157 Å². The van der Waals surface area contributed by atoms with Crippen LogP contribution in [0.15, 0.2) is 16.9 Å². The fourth-order valence-corrected chi connectivity index (χ4v) is 3.67. The monoisotopic (exact) mass is 378 g/mol. The van der Waals surface area contributed by atoms with Crippen LogP contribution in [0, 0.1) is 6.92 Å². The molecule has 0 spiro atoms. The molecular weight excluding hydrogens is 352 g/mol. The van der Waals surface area contributed by atoms with Gasteiger partial charge in [0.05, 0.1) is 12.3 Å². The molecule has 1 aliphatic heterocycles. The van der Waals surface area contributed by atoms with Gasteiger partial charge in [-0.1, -0.05) is 5.16 Å². The van der Waals surface area contributed by atoms with E-state index in [9.17, 15) is 4.79 Å². The molecule has 2 aromatic heterocycles. The van der Waals surface area contributed by atoms with Gasteiger partial charge in [0.15, 0.2) is 5.82 Å². The van der Waals surface area contributed by atoms with Crippen LogP contribution < -0.4 is 5.32 Å². The molecule has 0 saturated carbocycles. The minimum Gasteiger partial charge on any atom is -0.337 e. The molecule has 1 aliphatic rings. The molecule has 1 fully saturated rings. The van der Waals surface area contributed by atoms with E-state index in [-0.39, 0.29) is 18.6 Å². The fraction of sp³-hybridized carbons (Fsp3) is 0.647. The number of rotatable bonds is 7. The van der Waals surface area contributed by atoms with Crippen molar-refractivity contribution in [1.29, 1.82) is 0 Å². The van der Waals surface area contributed by atoms with Gasteiger partial charge in [-0.05, 0) is 38.9 Å². The summed E-state index contributed by atoms with van der Waals surface area (Å²) in [4.78, 5) is 23.1. The lowest BCUT2D eigenvalue weighted by Gasteiger charge is -2.35. The summed E-state index contributed by atoms with van der Waals surface area (Å²) in [6, 6.07) is 0.196. The first kappa shape index (κ1) is 18.8. The van der Waals surface area contributed by atoms with Crippen LogP contribution >= 0.6 is 11.8 Å². The molecule has 2 amide bonds. The van der Waals surface area contributed by atoms with Gasteiger partial charge in [-0.15, -0.1) is 0 Å². The molecule has 0 bridgehead atoms. The van der Waals surface area contributed by atoms with E-state index in [0.29, 0.717) is 17.5 Å². The lowest BCUT2D eigenvalue weighted by atomic mass is 9.99. The maximum Gasteiger partial charge on any atom is 0.318 e. The predicted molar refractivity (Wildman–Crippen MR) is 99.7 cm³/mol. The number of imidazole rings is 1. The average molecular weight is 379 g/mol. The number of piperidine rings is 1. The maximum absolute atomic E-state index is 12.6. The number of amides is 2. The molecule has 1 atom stereocenters. The molecule has 26 heavy (non-hydrogen) atoms. The van der Waals surface area contributed by atoms with Crippen LogP contribution in [0.5, 0.6) is 0 Å². The second-order valence-corrected chi connectivity index (χ2v) is 7.36. The van der Waals surface area contributed by atoms with E-state index in [1.165, 1.54) is 6.42 Å². The molecule has 142 valence electrons. The normalized spacial score (nSPS) is 17.5. The highest BCUT2D eigenvalue weighted by atomic mass is 32.2. The molecule has 3 rings (SSSR count). The van der Waals surface area contributed by atoms with E-state index < -0.39 is 0 Å². The minimum atomic E-state index is -0.0540. The Morgan fingerprint density at radius 2 is 2.35 bits per heavy atom. The Hall–Kier alpha value is -2.03. The van der Waals surface area contributed by atoms with Crippen LogP contribution in [0.4, 0.5) is 4.79 Å². The second-order valence-electron chi connectivity index (χ2n) is 6.50. The molecule has 1 N–H and O–H groups in total. The van der Waals surface area contributed by atoms with Gasteiger partial charge in [-0.2, -0.15) is 16.7 Å². The highest BCUT2D eigenvalue weighted by Crippen LogP contribution is 2.20. The summed E-state index contributed by atoms with van der Waals surface area (Å²) < 4.78 is 7.31. The van der Waals surface area contributed by atoms with Crippen molar-refractivity contribution in [2.45, 2.75) is 57.5 Å². The van der Waals surface area contributed by atoms with Crippen molar-refractivity contribution >= 4 is 17.8 Å². The molecule has 0 aliphatic carbocycles. The van der Waals surface area contributed by atoms with Gasteiger partial charge >= 0.3 is 6.03 Å². The van der Waals surface area contributed by atoms with Gasteiger partial charge in [-0.25, -0.2) is 9.78 Å². The first-order valence-corrected chi connectivity index (χ1v) is 10.4. The van der Waals surface area contributed by atoms with Crippen LogP contribution in [0.3, 0.4) is 0 Å². The average Bonchev–Trinajstić information content (AvgIpc) is 3.27. The standard InChI is InChI=1S/C17H26N6O2S/c1-13-18-7-10-22(13)9-6-14-5-3-4-8-23(14)17(24)19-11-16-20-15(12-26-2)21-25-16/h7,10,14H,3-6,8-9,11-12H2,1-2H3,(H,19,24). The Morgan fingerprint density at radius 1 is 1.46 bits per heavy atom. The van der Waals surface area contributed by atoms with Crippen molar-refractivity contribution in [3.8, 4) is 0 Å². The van der Waals surface area contributed by atoms with Crippen molar-refractivity contribution < 1.29 is 9.32 Å². The smallest absolute Gasteiger partial charge is 0.318 e. The highest BCUT2D eigenvalue weighted by Gasteiger charge is 2.26. The van der Waals surface area contributed by atoms with Crippen LogP contribution in [0.2, 0.25) is 0 Å². The molecule has 9 heteroatoms. The Morgan fingerprint density at radius 3 is 3.12 bits per heavy atom. The van der Waals surface area contributed by atoms with Gasteiger partial charge in [-0.3, -0.25) is 0 Å². The van der Waals surface area contributed by atoms with Gasteiger partial charge in [0.2, 0.25) is 5.89 Å². The zero-order chi connectivity index (χ0) is 18.4. The summed E-state index contributed by atoms with van der Waals surface area (Å²) in [6.07, 6.45) is 9.98.